The van der Waals surface area contributed by atoms with Crippen LogP contribution in [0.25, 0.3) is 11.0 Å². The smallest absolute Gasteiger partial charge is 0.356 e. The number of nitrogens with zero attached hydrogens (tertiary/aromatic N) is 2. The number of alkyl halides is 3. The number of nitrogens with one attached hydrogen (secondary N) is 1. The Bertz CT molecular complexity index is 939. The van der Waals surface area contributed by atoms with Crippen LogP contribution in [0.1, 0.15) is 18.1 Å². The zero-order valence-corrected chi connectivity index (χ0v) is 15.4. The first-order chi connectivity index (χ1) is 12.9. The predicted octanol–water partition coefficient (Wildman–Crippen LogP) is 4.33. The fourth-order valence-corrected chi connectivity index (χ4v) is 3.54. The standard InChI is InChI=1S/C19H18F3N3OS/c1-2-23-17(26)12-27-18-24-15-10-14(19(20,21)22)8-9-16(15)25(18)11-13-6-4-3-5-7-13/h3-10H,2,11-12H2,1H3,(H,23,26). The van der Waals surface area contributed by atoms with Crippen LogP contribution in [0.5, 0.6) is 0 Å². The average Bonchev–Trinajstić information content (AvgIpc) is 2.97. The minimum absolute atomic E-state index is 0.142. The van der Waals surface area contributed by atoms with Crippen LogP contribution >= 0.6 is 11.8 Å². The van der Waals surface area contributed by atoms with Crippen LogP contribution in [0.3, 0.4) is 0 Å². The number of fused-ring (bicyclic) bond motifs is 1. The van der Waals surface area contributed by atoms with E-state index in [4.69, 9.17) is 0 Å². The largest absolute Gasteiger partial charge is 0.416 e. The molecule has 0 aliphatic heterocycles. The summed E-state index contributed by atoms with van der Waals surface area (Å²) < 4.78 is 40.9. The summed E-state index contributed by atoms with van der Waals surface area (Å²) >= 11 is 1.21. The van der Waals surface area contributed by atoms with E-state index in [9.17, 15) is 18.0 Å². The number of thioether (sulfide) groups is 1. The molecule has 0 atom stereocenters. The molecule has 3 aromatic rings. The normalized spacial score (nSPS) is 11.7. The quantitative estimate of drug-likeness (QED) is 0.634. The van der Waals surface area contributed by atoms with Crippen LogP contribution in [-0.2, 0) is 17.5 Å². The van der Waals surface area contributed by atoms with Crippen molar-refractivity contribution in [1.82, 2.24) is 14.9 Å². The minimum Gasteiger partial charge on any atom is -0.356 e. The molecule has 0 aliphatic carbocycles. The van der Waals surface area contributed by atoms with E-state index in [1.165, 1.54) is 17.8 Å². The van der Waals surface area contributed by atoms with Gasteiger partial charge in [0.25, 0.3) is 0 Å². The second kappa shape index (κ2) is 8.04. The van der Waals surface area contributed by atoms with Crippen molar-refractivity contribution in [3.63, 3.8) is 0 Å². The molecule has 0 saturated heterocycles. The van der Waals surface area contributed by atoms with Gasteiger partial charge in [0.2, 0.25) is 5.91 Å². The molecule has 1 amide bonds. The van der Waals surface area contributed by atoms with Crippen molar-refractivity contribution in [3.8, 4) is 0 Å². The van der Waals surface area contributed by atoms with Gasteiger partial charge in [-0.3, -0.25) is 4.79 Å². The van der Waals surface area contributed by atoms with E-state index < -0.39 is 11.7 Å². The monoisotopic (exact) mass is 393 g/mol. The van der Waals surface area contributed by atoms with Crippen molar-refractivity contribution < 1.29 is 18.0 Å². The Morgan fingerprint density at radius 1 is 1.19 bits per heavy atom. The van der Waals surface area contributed by atoms with Gasteiger partial charge in [-0.1, -0.05) is 42.1 Å². The molecule has 0 aliphatic rings. The molecule has 8 heteroatoms. The number of carbonyl (C=O) groups is 1. The van der Waals surface area contributed by atoms with E-state index in [-0.39, 0.29) is 17.2 Å². The van der Waals surface area contributed by atoms with Crippen molar-refractivity contribution in [3.05, 3.63) is 59.7 Å². The summed E-state index contributed by atoms with van der Waals surface area (Å²) in [4.78, 5) is 16.1. The summed E-state index contributed by atoms with van der Waals surface area (Å²) in [6.45, 7) is 2.81. The third kappa shape index (κ3) is 4.63. The molecule has 1 aromatic heterocycles. The highest BCUT2D eigenvalue weighted by molar-refractivity contribution is 7.99. The van der Waals surface area contributed by atoms with Gasteiger partial charge in [-0.25, -0.2) is 4.98 Å². The van der Waals surface area contributed by atoms with Gasteiger partial charge in [0.15, 0.2) is 5.16 Å². The van der Waals surface area contributed by atoms with E-state index >= 15 is 0 Å². The summed E-state index contributed by atoms with van der Waals surface area (Å²) in [7, 11) is 0. The average molecular weight is 393 g/mol. The van der Waals surface area contributed by atoms with Gasteiger partial charge < -0.3 is 9.88 Å². The van der Waals surface area contributed by atoms with Gasteiger partial charge in [0, 0.05) is 6.54 Å². The lowest BCUT2D eigenvalue weighted by atomic mass is 10.2. The lowest BCUT2D eigenvalue weighted by molar-refractivity contribution is -0.137. The van der Waals surface area contributed by atoms with E-state index in [1.54, 1.807) is 0 Å². The molecule has 0 spiro atoms. The Morgan fingerprint density at radius 3 is 2.59 bits per heavy atom. The maximum Gasteiger partial charge on any atom is 0.416 e. The Morgan fingerprint density at radius 2 is 1.93 bits per heavy atom. The molecule has 1 N–H and O–H groups in total. The first kappa shape index (κ1) is 19.3. The Hall–Kier alpha value is -2.48. The highest BCUT2D eigenvalue weighted by atomic mass is 32.2. The Kier molecular flexibility index (Phi) is 5.74. The number of hydrogen-bond donors (Lipinski definition) is 1. The highest BCUT2D eigenvalue weighted by Crippen LogP contribution is 2.33. The zero-order chi connectivity index (χ0) is 19.4. The summed E-state index contributed by atoms with van der Waals surface area (Å²) in [6.07, 6.45) is -4.42. The van der Waals surface area contributed by atoms with Gasteiger partial charge in [-0.05, 0) is 30.7 Å². The molecule has 3 rings (SSSR count). The molecule has 0 saturated carbocycles. The number of benzene rings is 2. The number of imidazole rings is 1. The first-order valence-corrected chi connectivity index (χ1v) is 9.38. The van der Waals surface area contributed by atoms with Crippen LogP contribution in [0.4, 0.5) is 13.2 Å². The number of amides is 1. The summed E-state index contributed by atoms with van der Waals surface area (Å²) in [5.74, 6) is 0.00902. The maximum absolute atomic E-state index is 13.0. The van der Waals surface area contributed by atoms with Crippen molar-refractivity contribution in [2.24, 2.45) is 0 Å². The molecule has 2 aromatic carbocycles. The summed E-state index contributed by atoms with van der Waals surface area (Å²) in [5, 5.41) is 3.22. The number of carbonyl (C=O) groups excluding carboxylic acids is 1. The topological polar surface area (TPSA) is 46.9 Å². The van der Waals surface area contributed by atoms with Crippen LogP contribution < -0.4 is 5.32 Å². The number of hydrogen-bond acceptors (Lipinski definition) is 3. The second-order valence-corrected chi connectivity index (χ2v) is 6.85. The maximum atomic E-state index is 13.0. The van der Waals surface area contributed by atoms with Crippen LogP contribution in [0, 0.1) is 0 Å². The second-order valence-electron chi connectivity index (χ2n) is 5.91. The molecule has 1 heterocycles. The van der Waals surface area contributed by atoms with E-state index in [0.29, 0.717) is 23.8 Å². The number of aromatic nitrogens is 2. The van der Waals surface area contributed by atoms with Gasteiger partial charge in [-0.2, -0.15) is 13.2 Å². The van der Waals surface area contributed by atoms with Gasteiger partial charge in [-0.15, -0.1) is 0 Å². The molecule has 0 bridgehead atoms. The number of halogens is 3. The van der Waals surface area contributed by atoms with Gasteiger partial charge in [0.1, 0.15) is 0 Å². The Labute approximate surface area is 158 Å². The van der Waals surface area contributed by atoms with Crippen molar-refractivity contribution in [2.75, 3.05) is 12.3 Å². The van der Waals surface area contributed by atoms with E-state index in [1.807, 2.05) is 41.8 Å². The lowest BCUT2D eigenvalue weighted by Gasteiger charge is -2.10. The highest BCUT2D eigenvalue weighted by Gasteiger charge is 2.31. The van der Waals surface area contributed by atoms with Crippen molar-refractivity contribution >= 4 is 28.7 Å². The third-order valence-corrected chi connectivity index (χ3v) is 4.91. The molecule has 4 nitrogen and oxygen atoms in total. The molecule has 142 valence electrons. The minimum atomic E-state index is -4.42. The zero-order valence-electron chi connectivity index (χ0n) is 14.6. The van der Waals surface area contributed by atoms with Crippen molar-refractivity contribution in [1.29, 1.82) is 0 Å². The van der Waals surface area contributed by atoms with Crippen LogP contribution in [-0.4, -0.2) is 27.8 Å². The first-order valence-electron chi connectivity index (χ1n) is 8.39. The third-order valence-electron chi connectivity index (χ3n) is 3.93. The van der Waals surface area contributed by atoms with E-state index in [0.717, 1.165) is 17.7 Å². The molecule has 27 heavy (non-hydrogen) atoms. The fourth-order valence-electron chi connectivity index (χ4n) is 2.69. The van der Waals surface area contributed by atoms with Gasteiger partial charge >= 0.3 is 6.18 Å². The van der Waals surface area contributed by atoms with Crippen LogP contribution in [0.2, 0.25) is 0 Å². The molecule has 0 radical (unpaired) electrons. The summed E-state index contributed by atoms with van der Waals surface area (Å²) in [6, 6.07) is 13.1. The molecular formula is C19H18F3N3OS. The SMILES string of the molecule is CCNC(=O)CSc1nc2cc(C(F)(F)F)ccc2n1Cc1ccccc1. The lowest BCUT2D eigenvalue weighted by Crippen LogP contribution is -2.24. The molecular weight excluding hydrogens is 375 g/mol. The molecule has 0 unspecified atom stereocenters. The molecule has 0 fully saturated rings. The predicted molar refractivity (Wildman–Crippen MR) is 99.7 cm³/mol. The Balaban J connectivity index is 1.99. The van der Waals surface area contributed by atoms with Gasteiger partial charge in [0.05, 0.1) is 28.9 Å². The van der Waals surface area contributed by atoms with Crippen molar-refractivity contribution in [2.45, 2.75) is 24.8 Å². The van der Waals surface area contributed by atoms with E-state index in [2.05, 4.69) is 10.3 Å². The number of rotatable bonds is 6. The van der Waals surface area contributed by atoms with Crippen LogP contribution in [0.15, 0.2) is 53.7 Å². The fraction of sp³-hybridized carbons (Fsp3) is 0.263. The summed E-state index contributed by atoms with van der Waals surface area (Å²) in [5.41, 5.74) is 1.13.